The van der Waals surface area contributed by atoms with Gasteiger partial charge in [-0.25, -0.2) is 9.37 Å². The zero-order chi connectivity index (χ0) is 22.8. The third-order valence-corrected chi connectivity index (χ3v) is 5.50. The highest BCUT2D eigenvalue weighted by atomic mass is 32.2. The van der Waals surface area contributed by atoms with Gasteiger partial charge in [0, 0.05) is 18.4 Å². The maximum atomic E-state index is 14.2. The fourth-order valence-corrected chi connectivity index (χ4v) is 3.84. The van der Waals surface area contributed by atoms with Gasteiger partial charge in [0.1, 0.15) is 11.1 Å². The number of ether oxygens (including phenoxy) is 1. The largest absolute Gasteiger partial charge is 0.491 e. The van der Waals surface area contributed by atoms with Crippen molar-refractivity contribution in [2.75, 3.05) is 23.9 Å². The Balaban J connectivity index is 1.96. The molecule has 31 heavy (non-hydrogen) atoms. The fourth-order valence-electron chi connectivity index (χ4n) is 3.52. The van der Waals surface area contributed by atoms with E-state index in [1.807, 2.05) is 0 Å². The number of amides is 1. The lowest BCUT2D eigenvalue weighted by Crippen LogP contribution is -2.52. The SMILES string of the molecule is COc1c(N2CCC(C(F)(F)F)CC2C(=O)Nc2ccnc(SN)c2)ccc(F)c1F. The van der Waals surface area contributed by atoms with Gasteiger partial charge in [0.25, 0.3) is 0 Å². The maximum Gasteiger partial charge on any atom is 0.391 e. The van der Waals surface area contributed by atoms with Crippen LogP contribution in [0, 0.1) is 17.6 Å². The van der Waals surface area contributed by atoms with Crippen molar-refractivity contribution < 1.29 is 31.5 Å². The number of halogens is 5. The molecule has 1 amide bonds. The summed E-state index contributed by atoms with van der Waals surface area (Å²) in [6.45, 7) is -0.204. The summed E-state index contributed by atoms with van der Waals surface area (Å²) >= 11 is 0.839. The molecule has 3 N–H and O–H groups in total. The molecule has 0 aliphatic carbocycles. The first-order chi connectivity index (χ1) is 14.7. The molecule has 2 atom stereocenters. The average molecular weight is 462 g/mol. The van der Waals surface area contributed by atoms with Crippen LogP contribution in [0.3, 0.4) is 0 Å². The van der Waals surface area contributed by atoms with Crippen LogP contribution in [0.2, 0.25) is 0 Å². The number of nitrogens with two attached hydrogens (primary N) is 1. The molecule has 1 saturated heterocycles. The number of anilines is 2. The van der Waals surface area contributed by atoms with Gasteiger partial charge in [-0.05, 0) is 49.1 Å². The number of benzene rings is 1. The molecule has 0 saturated carbocycles. The number of nitrogens with one attached hydrogen (secondary N) is 1. The minimum absolute atomic E-state index is 0.00453. The van der Waals surface area contributed by atoms with Crippen molar-refractivity contribution >= 4 is 29.2 Å². The summed E-state index contributed by atoms with van der Waals surface area (Å²) in [5, 5.41) is 8.40. The minimum atomic E-state index is -4.50. The molecule has 2 unspecified atom stereocenters. The van der Waals surface area contributed by atoms with E-state index in [4.69, 9.17) is 9.88 Å². The normalized spacial score (nSPS) is 19.3. The monoisotopic (exact) mass is 462 g/mol. The van der Waals surface area contributed by atoms with E-state index in [1.54, 1.807) is 0 Å². The third-order valence-electron chi connectivity index (χ3n) is 5.03. The highest BCUT2D eigenvalue weighted by molar-refractivity contribution is 7.97. The van der Waals surface area contributed by atoms with Gasteiger partial charge < -0.3 is 15.0 Å². The summed E-state index contributed by atoms with van der Waals surface area (Å²) in [5.74, 6) is -5.39. The van der Waals surface area contributed by atoms with E-state index < -0.39 is 47.8 Å². The smallest absolute Gasteiger partial charge is 0.391 e. The maximum absolute atomic E-state index is 14.2. The predicted molar refractivity (Wildman–Crippen MR) is 106 cm³/mol. The van der Waals surface area contributed by atoms with Crippen LogP contribution in [-0.4, -0.2) is 36.8 Å². The molecule has 168 valence electrons. The first-order valence-corrected chi connectivity index (χ1v) is 10.0. The van der Waals surface area contributed by atoms with Crippen molar-refractivity contribution in [3.8, 4) is 5.75 Å². The van der Waals surface area contributed by atoms with Crippen molar-refractivity contribution in [3.63, 3.8) is 0 Å². The fraction of sp³-hybridized carbons (Fsp3) is 0.368. The number of nitrogens with zero attached hydrogens (tertiary/aromatic N) is 2. The number of aromatic nitrogens is 1. The van der Waals surface area contributed by atoms with Gasteiger partial charge in [0.2, 0.25) is 11.7 Å². The number of alkyl halides is 3. The Labute approximate surface area is 179 Å². The van der Waals surface area contributed by atoms with Crippen LogP contribution in [0.15, 0.2) is 35.5 Å². The molecule has 0 radical (unpaired) electrons. The zero-order valence-electron chi connectivity index (χ0n) is 16.2. The Kier molecular flexibility index (Phi) is 6.90. The molecule has 1 aromatic carbocycles. The molecule has 1 fully saturated rings. The lowest BCUT2D eigenvalue weighted by Gasteiger charge is -2.41. The predicted octanol–water partition coefficient (Wildman–Crippen LogP) is 4.12. The van der Waals surface area contributed by atoms with Crippen LogP contribution in [0.4, 0.5) is 33.3 Å². The quantitative estimate of drug-likeness (QED) is 0.514. The Morgan fingerprint density at radius 2 is 2.06 bits per heavy atom. The minimum Gasteiger partial charge on any atom is -0.491 e. The van der Waals surface area contributed by atoms with Gasteiger partial charge in [0.05, 0.1) is 18.7 Å². The third kappa shape index (κ3) is 5.01. The zero-order valence-corrected chi connectivity index (χ0v) is 17.1. The van der Waals surface area contributed by atoms with Crippen LogP contribution in [0.5, 0.6) is 5.75 Å². The lowest BCUT2D eigenvalue weighted by atomic mass is 9.89. The molecule has 1 aromatic heterocycles. The lowest BCUT2D eigenvalue weighted by molar-refractivity contribution is -0.181. The second-order valence-corrected chi connectivity index (χ2v) is 7.53. The molecule has 6 nitrogen and oxygen atoms in total. The van der Waals surface area contributed by atoms with Crippen molar-refractivity contribution in [2.24, 2.45) is 11.1 Å². The number of pyridine rings is 1. The topological polar surface area (TPSA) is 80.5 Å². The van der Waals surface area contributed by atoms with Crippen molar-refractivity contribution in [1.82, 2.24) is 4.98 Å². The number of rotatable bonds is 5. The van der Waals surface area contributed by atoms with E-state index in [9.17, 15) is 26.7 Å². The highest BCUT2D eigenvalue weighted by Gasteiger charge is 2.46. The Hall–Kier alpha value is -2.60. The van der Waals surface area contributed by atoms with Crippen LogP contribution in [-0.2, 0) is 4.79 Å². The number of carbonyl (C=O) groups is 1. The highest BCUT2D eigenvalue weighted by Crippen LogP contribution is 2.41. The molecular weight excluding hydrogens is 443 g/mol. The summed E-state index contributed by atoms with van der Waals surface area (Å²) in [6, 6.07) is 3.65. The summed E-state index contributed by atoms with van der Waals surface area (Å²) in [5.41, 5.74) is 0.286. The van der Waals surface area contributed by atoms with Gasteiger partial charge in [0.15, 0.2) is 11.6 Å². The average Bonchev–Trinajstić information content (AvgIpc) is 2.74. The van der Waals surface area contributed by atoms with Gasteiger partial charge in [-0.1, -0.05) is 0 Å². The Morgan fingerprint density at radius 3 is 2.71 bits per heavy atom. The summed E-state index contributed by atoms with van der Waals surface area (Å²) in [6.07, 6.45) is -3.97. The van der Waals surface area contributed by atoms with Crippen LogP contribution >= 0.6 is 11.9 Å². The van der Waals surface area contributed by atoms with Crippen molar-refractivity contribution in [1.29, 1.82) is 0 Å². The van der Waals surface area contributed by atoms with Crippen molar-refractivity contribution in [2.45, 2.75) is 30.1 Å². The Morgan fingerprint density at radius 1 is 1.32 bits per heavy atom. The second kappa shape index (κ2) is 9.27. The molecule has 2 heterocycles. The number of methoxy groups -OCH3 is 1. The van der Waals surface area contributed by atoms with E-state index in [2.05, 4.69) is 10.3 Å². The van der Waals surface area contributed by atoms with Gasteiger partial charge in [-0.15, -0.1) is 0 Å². The molecule has 0 bridgehead atoms. The van der Waals surface area contributed by atoms with E-state index >= 15 is 0 Å². The molecular formula is C19H19F5N4O2S. The number of carbonyl (C=O) groups excluding carboxylic acids is 1. The molecule has 2 aromatic rings. The van der Waals surface area contributed by atoms with Crippen LogP contribution in [0.25, 0.3) is 0 Å². The standard InChI is InChI=1S/C19H19F5N4O2S/c1-30-17-13(3-2-12(20)16(17)21)28-7-5-10(19(22,23)24)8-14(28)18(29)27-11-4-6-26-15(9-11)31-25/h2-4,6,9-10,14H,5,7-8,25H2,1H3,(H,26,27,29). The van der Waals surface area contributed by atoms with Gasteiger partial charge in [-0.3, -0.25) is 9.93 Å². The molecule has 0 spiro atoms. The summed E-state index contributed by atoms with van der Waals surface area (Å²) in [7, 11) is 1.11. The first-order valence-electron chi connectivity index (χ1n) is 9.14. The summed E-state index contributed by atoms with van der Waals surface area (Å²) in [4.78, 5) is 18.3. The molecule has 1 aliphatic rings. The van der Waals surface area contributed by atoms with E-state index in [-0.39, 0.29) is 18.7 Å². The number of hydrogen-bond acceptors (Lipinski definition) is 6. The van der Waals surface area contributed by atoms with Crippen LogP contribution < -0.4 is 20.1 Å². The molecule has 3 rings (SSSR count). The number of piperidine rings is 1. The van der Waals surface area contributed by atoms with E-state index in [0.717, 1.165) is 25.1 Å². The second-order valence-electron chi connectivity index (χ2n) is 6.88. The van der Waals surface area contributed by atoms with Gasteiger partial charge in [-0.2, -0.15) is 17.6 Å². The Bertz CT molecular complexity index is 959. The molecule has 1 aliphatic heterocycles. The van der Waals surface area contributed by atoms with E-state index in [0.29, 0.717) is 10.7 Å². The molecule has 12 heteroatoms. The van der Waals surface area contributed by atoms with Crippen LogP contribution in [0.1, 0.15) is 12.8 Å². The van der Waals surface area contributed by atoms with Crippen molar-refractivity contribution in [3.05, 3.63) is 42.1 Å². The van der Waals surface area contributed by atoms with E-state index in [1.165, 1.54) is 29.3 Å². The first kappa shape index (κ1) is 23.1. The van der Waals surface area contributed by atoms with Gasteiger partial charge >= 0.3 is 6.18 Å². The summed E-state index contributed by atoms with van der Waals surface area (Å²) < 4.78 is 72.9. The number of hydrogen-bond donors (Lipinski definition) is 2.